The summed E-state index contributed by atoms with van der Waals surface area (Å²) >= 11 is 0. The molecule has 0 aromatic rings. The summed E-state index contributed by atoms with van der Waals surface area (Å²) in [5, 5.41) is 9.06. The first kappa shape index (κ1) is 11.1. The van der Waals surface area contributed by atoms with E-state index in [4.69, 9.17) is 4.55 Å². The van der Waals surface area contributed by atoms with Crippen molar-refractivity contribution in [1.29, 1.82) is 0 Å². The highest BCUT2D eigenvalue weighted by Gasteiger charge is 2.41. The Hall–Kier alpha value is -1.02. The molecule has 0 aromatic heterocycles. The van der Waals surface area contributed by atoms with Gasteiger partial charge in [0.1, 0.15) is 4.92 Å². The molecule has 1 amide bonds. The van der Waals surface area contributed by atoms with Crippen molar-refractivity contribution in [2.45, 2.75) is 24.5 Å². The summed E-state index contributed by atoms with van der Waals surface area (Å²) in [7, 11) is -4.17. The molecule has 2 atom stereocenters. The standard InChI is InChI=1S/C6H9NO6S/c8-6(7(9)10)4-1-2-5(3-4)14(11,12)13/h4-5H,1-3H2,(H,11,12,13). The van der Waals surface area contributed by atoms with Gasteiger partial charge in [0.15, 0.2) is 0 Å². The molecule has 0 aliphatic heterocycles. The van der Waals surface area contributed by atoms with Crippen molar-refractivity contribution in [3.8, 4) is 0 Å². The van der Waals surface area contributed by atoms with Gasteiger partial charge >= 0.3 is 5.91 Å². The number of nitrogens with zero attached hydrogens (tertiary/aromatic N) is 1. The molecule has 0 heterocycles. The van der Waals surface area contributed by atoms with Crippen molar-refractivity contribution in [1.82, 2.24) is 0 Å². The lowest BCUT2D eigenvalue weighted by molar-refractivity contribution is -0.406. The molecular weight excluding hydrogens is 214 g/mol. The summed E-state index contributed by atoms with van der Waals surface area (Å²) in [4.78, 5) is 19.9. The molecule has 2 unspecified atom stereocenters. The first-order valence-electron chi connectivity index (χ1n) is 3.97. The lowest BCUT2D eigenvalue weighted by Crippen LogP contribution is -2.23. The maximum absolute atomic E-state index is 10.8. The van der Waals surface area contributed by atoms with E-state index in [1.54, 1.807) is 0 Å². The van der Waals surface area contributed by atoms with Crippen LogP contribution in [0.1, 0.15) is 19.3 Å². The maximum atomic E-state index is 10.8. The Morgan fingerprint density at radius 1 is 1.43 bits per heavy atom. The lowest BCUT2D eigenvalue weighted by Gasteiger charge is -2.03. The van der Waals surface area contributed by atoms with E-state index in [-0.39, 0.29) is 19.3 Å². The number of carbonyl (C=O) groups is 1. The molecule has 7 nitrogen and oxygen atoms in total. The largest absolute Gasteiger partial charge is 0.447 e. The summed E-state index contributed by atoms with van der Waals surface area (Å²) < 4.78 is 29.9. The molecule has 1 fully saturated rings. The van der Waals surface area contributed by atoms with Gasteiger partial charge in [-0.2, -0.15) is 8.42 Å². The van der Waals surface area contributed by atoms with E-state index in [9.17, 15) is 23.3 Å². The summed E-state index contributed by atoms with van der Waals surface area (Å²) in [5.74, 6) is -2.05. The van der Waals surface area contributed by atoms with Gasteiger partial charge in [0.2, 0.25) is 0 Å². The van der Waals surface area contributed by atoms with Crippen molar-refractivity contribution in [2.24, 2.45) is 5.92 Å². The second kappa shape index (κ2) is 3.62. The number of rotatable bonds is 2. The molecule has 0 saturated heterocycles. The van der Waals surface area contributed by atoms with Gasteiger partial charge in [-0.3, -0.25) is 14.7 Å². The second-order valence-electron chi connectivity index (χ2n) is 3.24. The quantitative estimate of drug-likeness (QED) is 0.395. The fourth-order valence-corrected chi connectivity index (χ4v) is 2.49. The molecule has 80 valence electrons. The molecule has 1 N–H and O–H groups in total. The highest BCUT2D eigenvalue weighted by atomic mass is 32.2. The van der Waals surface area contributed by atoms with Gasteiger partial charge in [0.05, 0.1) is 11.2 Å². The van der Waals surface area contributed by atoms with Crippen LogP contribution in [0.3, 0.4) is 0 Å². The number of nitro groups is 1. The Balaban J connectivity index is 2.67. The normalized spacial score (nSPS) is 27.5. The van der Waals surface area contributed by atoms with E-state index >= 15 is 0 Å². The van der Waals surface area contributed by atoms with Gasteiger partial charge in [-0.25, -0.2) is 4.79 Å². The van der Waals surface area contributed by atoms with E-state index in [1.807, 2.05) is 0 Å². The van der Waals surface area contributed by atoms with Crippen LogP contribution < -0.4 is 0 Å². The van der Waals surface area contributed by atoms with Crippen LogP contribution in [0.25, 0.3) is 0 Å². The van der Waals surface area contributed by atoms with Gasteiger partial charge in [-0.1, -0.05) is 0 Å². The Labute approximate surface area is 80.0 Å². The Kier molecular flexibility index (Phi) is 2.86. The molecule has 0 bridgehead atoms. The van der Waals surface area contributed by atoms with Crippen molar-refractivity contribution >= 4 is 16.0 Å². The summed E-state index contributed by atoms with van der Waals surface area (Å²) in [6, 6.07) is 0. The van der Waals surface area contributed by atoms with E-state index in [0.717, 1.165) is 0 Å². The van der Waals surface area contributed by atoms with Crippen LogP contribution in [0.4, 0.5) is 0 Å². The minimum Gasteiger partial charge on any atom is -0.285 e. The fourth-order valence-electron chi connectivity index (χ4n) is 1.58. The van der Waals surface area contributed by atoms with E-state index in [0.29, 0.717) is 0 Å². The van der Waals surface area contributed by atoms with Gasteiger partial charge in [0.25, 0.3) is 10.1 Å². The van der Waals surface area contributed by atoms with Crippen molar-refractivity contribution in [2.75, 3.05) is 0 Å². The molecule has 1 aliphatic carbocycles. The third-order valence-electron chi connectivity index (χ3n) is 2.33. The number of hydrogen-bond acceptors (Lipinski definition) is 5. The van der Waals surface area contributed by atoms with Crippen molar-refractivity contribution in [3.05, 3.63) is 10.1 Å². The van der Waals surface area contributed by atoms with Gasteiger partial charge in [0, 0.05) is 0 Å². The highest BCUT2D eigenvalue weighted by Crippen LogP contribution is 2.30. The number of hydrogen-bond donors (Lipinski definition) is 1. The first-order valence-corrected chi connectivity index (χ1v) is 5.47. The Morgan fingerprint density at radius 2 is 2.00 bits per heavy atom. The Bertz CT molecular complexity index is 361. The minimum atomic E-state index is -4.17. The van der Waals surface area contributed by atoms with Crippen molar-refractivity contribution in [3.63, 3.8) is 0 Å². The average molecular weight is 223 g/mol. The van der Waals surface area contributed by atoms with Crippen LogP contribution in [0.5, 0.6) is 0 Å². The van der Waals surface area contributed by atoms with Gasteiger partial charge < -0.3 is 0 Å². The van der Waals surface area contributed by atoms with E-state index < -0.39 is 32.1 Å². The minimum absolute atomic E-state index is 0.100. The second-order valence-corrected chi connectivity index (χ2v) is 4.94. The Morgan fingerprint density at radius 3 is 2.36 bits per heavy atom. The van der Waals surface area contributed by atoms with E-state index in [1.165, 1.54) is 0 Å². The first-order chi connectivity index (χ1) is 6.32. The zero-order valence-corrected chi connectivity index (χ0v) is 7.94. The topological polar surface area (TPSA) is 115 Å². The molecule has 8 heteroatoms. The van der Waals surface area contributed by atoms with E-state index in [2.05, 4.69) is 0 Å². The molecule has 0 aromatic carbocycles. The third kappa shape index (κ3) is 2.26. The highest BCUT2D eigenvalue weighted by molar-refractivity contribution is 7.86. The monoisotopic (exact) mass is 223 g/mol. The molecule has 0 radical (unpaired) electrons. The molecule has 1 saturated carbocycles. The molecular formula is C6H9NO6S. The zero-order valence-electron chi connectivity index (χ0n) is 7.12. The molecule has 1 aliphatic rings. The van der Waals surface area contributed by atoms with Crippen LogP contribution in [-0.2, 0) is 14.9 Å². The van der Waals surface area contributed by atoms with Crippen LogP contribution in [0.15, 0.2) is 0 Å². The van der Waals surface area contributed by atoms with Gasteiger partial charge in [-0.05, 0) is 19.3 Å². The van der Waals surface area contributed by atoms with Gasteiger partial charge in [-0.15, -0.1) is 0 Å². The fraction of sp³-hybridized carbons (Fsp3) is 0.833. The number of carbonyl (C=O) groups excluding carboxylic acids is 1. The average Bonchev–Trinajstić information content (AvgIpc) is 2.49. The zero-order chi connectivity index (χ0) is 10.9. The molecule has 14 heavy (non-hydrogen) atoms. The van der Waals surface area contributed by atoms with Crippen LogP contribution in [0.2, 0.25) is 0 Å². The van der Waals surface area contributed by atoms with Crippen LogP contribution in [0, 0.1) is 16.0 Å². The molecule has 0 spiro atoms. The lowest BCUT2D eigenvalue weighted by atomic mass is 10.1. The third-order valence-corrected chi connectivity index (χ3v) is 3.61. The smallest absolute Gasteiger partial charge is 0.285 e. The predicted molar refractivity (Wildman–Crippen MR) is 44.7 cm³/mol. The van der Waals surface area contributed by atoms with Crippen LogP contribution in [-0.4, -0.2) is 29.1 Å². The number of amides is 1. The molecule has 1 rings (SSSR count). The summed E-state index contributed by atoms with van der Waals surface area (Å²) in [5.41, 5.74) is 0. The predicted octanol–water partition coefficient (Wildman–Crippen LogP) is -0.154. The SMILES string of the molecule is O=C(C1CCC(S(=O)(=O)O)C1)[N+](=O)[O-]. The summed E-state index contributed by atoms with van der Waals surface area (Å²) in [6.07, 6.45) is 0.0893. The van der Waals surface area contributed by atoms with Crippen LogP contribution >= 0.6 is 0 Å². The van der Waals surface area contributed by atoms with Crippen molar-refractivity contribution < 1.29 is 22.7 Å². The summed E-state index contributed by atoms with van der Waals surface area (Å²) in [6.45, 7) is 0. The maximum Gasteiger partial charge on any atom is 0.447 e.